The highest BCUT2D eigenvalue weighted by Gasteiger charge is 2.44. The summed E-state index contributed by atoms with van der Waals surface area (Å²) in [6, 6.07) is 3.96. The molecule has 0 spiro atoms. The summed E-state index contributed by atoms with van der Waals surface area (Å²) >= 11 is 0. The minimum absolute atomic E-state index is 0.0362. The average Bonchev–Trinajstić information content (AvgIpc) is 2.71. The van der Waals surface area contributed by atoms with E-state index in [1.165, 1.54) is 29.2 Å². The topological polar surface area (TPSA) is 60.9 Å². The van der Waals surface area contributed by atoms with Crippen LogP contribution < -0.4 is 4.90 Å². The zero-order valence-electron chi connectivity index (χ0n) is 15.2. The van der Waals surface area contributed by atoms with E-state index < -0.39 is 23.8 Å². The van der Waals surface area contributed by atoms with Gasteiger partial charge in [-0.25, -0.2) is 9.18 Å². The predicted molar refractivity (Wildman–Crippen MR) is 92.6 cm³/mol. The van der Waals surface area contributed by atoms with E-state index in [9.17, 15) is 18.8 Å². The Labute approximate surface area is 147 Å². The number of carbonyl (C=O) groups excluding carboxylic acids is 3. The third kappa shape index (κ3) is 3.65. The van der Waals surface area contributed by atoms with Crippen LogP contribution in [0.1, 0.15) is 34.6 Å². The van der Waals surface area contributed by atoms with Gasteiger partial charge in [0.15, 0.2) is 0 Å². The van der Waals surface area contributed by atoms with Crippen LogP contribution in [0.25, 0.3) is 0 Å². The predicted octanol–water partition coefficient (Wildman–Crippen LogP) is 2.63. The summed E-state index contributed by atoms with van der Waals surface area (Å²) < 4.78 is 13.1. The number of benzene rings is 1. The Morgan fingerprint density at radius 3 is 2.12 bits per heavy atom. The van der Waals surface area contributed by atoms with E-state index in [1.54, 1.807) is 11.8 Å². The zero-order chi connectivity index (χ0) is 18.9. The average molecular weight is 349 g/mol. The summed E-state index contributed by atoms with van der Waals surface area (Å²) in [6.07, 6.45) is 0. The molecule has 1 saturated heterocycles. The Balaban J connectivity index is 2.22. The van der Waals surface area contributed by atoms with Crippen molar-refractivity contribution in [1.82, 2.24) is 9.80 Å². The molecule has 1 aromatic rings. The third-order valence-electron chi connectivity index (χ3n) is 4.25. The van der Waals surface area contributed by atoms with E-state index in [0.717, 1.165) is 4.90 Å². The lowest BCUT2D eigenvalue weighted by Gasteiger charge is -2.31. The highest BCUT2D eigenvalue weighted by atomic mass is 19.1. The van der Waals surface area contributed by atoms with E-state index in [-0.39, 0.29) is 24.5 Å². The first kappa shape index (κ1) is 18.9. The summed E-state index contributed by atoms with van der Waals surface area (Å²) in [5, 5.41) is 0. The zero-order valence-corrected chi connectivity index (χ0v) is 15.2. The van der Waals surface area contributed by atoms with Gasteiger partial charge in [0.05, 0.1) is 0 Å². The van der Waals surface area contributed by atoms with Crippen molar-refractivity contribution in [3.63, 3.8) is 0 Å². The van der Waals surface area contributed by atoms with Gasteiger partial charge in [-0.05, 0) is 58.9 Å². The molecule has 1 fully saturated rings. The second-order valence-corrected chi connectivity index (χ2v) is 6.72. The molecule has 6 nitrogen and oxygen atoms in total. The summed E-state index contributed by atoms with van der Waals surface area (Å²) in [4.78, 5) is 41.6. The van der Waals surface area contributed by atoms with Crippen molar-refractivity contribution < 1.29 is 18.8 Å². The fourth-order valence-electron chi connectivity index (χ4n) is 3.20. The standard InChI is InChI=1S/C18H24FN3O3/c1-11(2)21(12(3)4)16(23)10-20-17(24)13(5)22(18(20)25)15-8-6-14(19)7-9-15/h6-9,11-13H,10H2,1-5H3. The number of hydrogen-bond acceptors (Lipinski definition) is 3. The van der Waals surface area contributed by atoms with Crippen molar-refractivity contribution in [2.75, 3.05) is 11.4 Å². The lowest BCUT2D eigenvalue weighted by molar-refractivity contribution is -0.139. The van der Waals surface area contributed by atoms with Crippen LogP contribution in [0.15, 0.2) is 24.3 Å². The van der Waals surface area contributed by atoms with E-state index >= 15 is 0 Å². The van der Waals surface area contributed by atoms with Crippen LogP contribution in [0.3, 0.4) is 0 Å². The summed E-state index contributed by atoms with van der Waals surface area (Å²) in [6.45, 7) is 8.85. The van der Waals surface area contributed by atoms with Crippen molar-refractivity contribution in [3.05, 3.63) is 30.1 Å². The molecule has 0 N–H and O–H groups in total. The summed E-state index contributed by atoms with van der Waals surface area (Å²) in [5.74, 6) is -1.14. The maximum Gasteiger partial charge on any atom is 0.332 e. The molecule has 0 bridgehead atoms. The Morgan fingerprint density at radius 1 is 1.12 bits per heavy atom. The molecule has 1 aromatic carbocycles. The van der Waals surface area contributed by atoms with Crippen LogP contribution in [0, 0.1) is 5.82 Å². The molecule has 4 amide bonds. The molecule has 1 atom stereocenters. The Bertz CT molecular complexity index is 665. The normalized spacial score (nSPS) is 17.8. The highest BCUT2D eigenvalue weighted by molar-refractivity contribution is 6.15. The minimum Gasteiger partial charge on any atom is -0.336 e. The van der Waals surface area contributed by atoms with Gasteiger partial charge in [0.1, 0.15) is 18.4 Å². The van der Waals surface area contributed by atoms with Crippen molar-refractivity contribution in [2.45, 2.75) is 52.7 Å². The molecular formula is C18H24FN3O3. The third-order valence-corrected chi connectivity index (χ3v) is 4.25. The minimum atomic E-state index is -0.739. The molecule has 136 valence electrons. The van der Waals surface area contributed by atoms with Gasteiger partial charge in [-0.3, -0.25) is 19.4 Å². The van der Waals surface area contributed by atoms with Gasteiger partial charge in [0, 0.05) is 17.8 Å². The molecule has 1 heterocycles. The summed E-state index contributed by atoms with van der Waals surface area (Å²) in [7, 11) is 0. The maximum absolute atomic E-state index is 13.1. The Morgan fingerprint density at radius 2 is 1.64 bits per heavy atom. The number of urea groups is 1. The van der Waals surface area contributed by atoms with E-state index in [2.05, 4.69) is 0 Å². The second-order valence-electron chi connectivity index (χ2n) is 6.72. The molecular weight excluding hydrogens is 325 g/mol. The van der Waals surface area contributed by atoms with Gasteiger partial charge < -0.3 is 4.90 Å². The molecule has 1 aliphatic heterocycles. The monoisotopic (exact) mass is 349 g/mol. The molecule has 0 radical (unpaired) electrons. The number of anilines is 1. The molecule has 0 aliphatic carbocycles. The van der Waals surface area contributed by atoms with Gasteiger partial charge in [0.2, 0.25) is 5.91 Å². The lowest BCUT2D eigenvalue weighted by Crippen LogP contribution is -2.48. The SMILES string of the molecule is CC1C(=O)N(CC(=O)N(C(C)C)C(C)C)C(=O)N1c1ccc(F)cc1. The first-order valence-electron chi connectivity index (χ1n) is 8.36. The van der Waals surface area contributed by atoms with Crippen LogP contribution in [-0.2, 0) is 9.59 Å². The number of nitrogens with zero attached hydrogens (tertiary/aromatic N) is 3. The van der Waals surface area contributed by atoms with Crippen molar-refractivity contribution in [1.29, 1.82) is 0 Å². The quantitative estimate of drug-likeness (QED) is 0.768. The maximum atomic E-state index is 13.1. The number of hydrogen-bond donors (Lipinski definition) is 0. The summed E-state index contributed by atoms with van der Waals surface area (Å²) in [5.41, 5.74) is 0.423. The fraction of sp³-hybridized carbons (Fsp3) is 0.500. The lowest BCUT2D eigenvalue weighted by atomic mass is 10.2. The Hall–Kier alpha value is -2.44. The van der Waals surface area contributed by atoms with E-state index in [1.807, 2.05) is 27.7 Å². The molecule has 7 heteroatoms. The first-order valence-corrected chi connectivity index (χ1v) is 8.36. The molecule has 2 rings (SSSR count). The second kappa shape index (κ2) is 7.21. The molecule has 0 saturated carbocycles. The number of halogens is 1. The Kier molecular flexibility index (Phi) is 5.45. The van der Waals surface area contributed by atoms with Gasteiger partial charge in [-0.1, -0.05) is 0 Å². The fourth-order valence-corrected chi connectivity index (χ4v) is 3.20. The van der Waals surface area contributed by atoms with Crippen molar-refractivity contribution in [3.8, 4) is 0 Å². The highest BCUT2D eigenvalue weighted by Crippen LogP contribution is 2.26. The van der Waals surface area contributed by atoms with E-state index in [4.69, 9.17) is 0 Å². The molecule has 1 unspecified atom stereocenters. The van der Waals surface area contributed by atoms with Gasteiger partial charge >= 0.3 is 6.03 Å². The van der Waals surface area contributed by atoms with Gasteiger partial charge in [-0.15, -0.1) is 0 Å². The smallest absolute Gasteiger partial charge is 0.332 e. The number of carbonyl (C=O) groups is 3. The number of imide groups is 1. The molecule has 0 aromatic heterocycles. The van der Waals surface area contributed by atoms with Crippen LogP contribution in [0.5, 0.6) is 0 Å². The van der Waals surface area contributed by atoms with Crippen LogP contribution in [0.2, 0.25) is 0 Å². The number of rotatable bonds is 5. The molecule has 1 aliphatic rings. The van der Waals surface area contributed by atoms with Crippen molar-refractivity contribution in [2.24, 2.45) is 0 Å². The number of amides is 4. The van der Waals surface area contributed by atoms with Crippen molar-refractivity contribution >= 4 is 23.5 Å². The van der Waals surface area contributed by atoms with Crippen LogP contribution >= 0.6 is 0 Å². The molecule has 25 heavy (non-hydrogen) atoms. The first-order chi connectivity index (χ1) is 11.6. The van der Waals surface area contributed by atoms with E-state index in [0.29, 0.717) is 5.69 Å². The van der Waals surface area contributed by atoms with Gasteiger partial charge in [0.25, 0.3) is 5.91 Å². The van der Waals surface area contributed by atoms with Crippen LogP contribution in [-0.4, -0.2) is 52.3 Å². The van der Waals surface area contributed by atoms with Gasteiger partial charge in [-0.2, -0.15) is 0 Å². The van der Waals surface area contributed by atoms with Crippen LogP contribution in [0.4, 0.5) is 14.9 Å². The largest absolute Gasteiger partial charge is 0.336 e.